The Labute approximate surface area is 135 Å². The summed E-state index contributed by atoms with van der Waals surface area (Å²) < 4.78 is 7.64. The van der Waals surface area contributed by atoms with Crippen LogP contribution in [0.25, 0.3) is 5.65 Å². The first-order valence-electron chi connectivity index (χ1n) is 8.50. The van der Waals surface area contributed by atoms with Gasteiger partial charge in [-0.1, -0.05) is 6.07 Å². The van der Waals surface area contributed by atoms with Gasteiger partial charge in [-0.2, -0.15) is 0 Å². The van der Waals surface area contributed by atoms with Crippen LogP contribution < -0.4 is 0 Å². The summed E-state index contributed by atoms with van der Waals surface area (Å²) in [7, 11) is 0. The van der Waals surface area contributed by atoms with Crippen LogP contribution in [0, 0.1) is 0 Å². The molecule has 2 aromatic heterocycles. The van der Waals surface area contributed by atoms with Crippen molar-refractivity contribution >= 4 is 11.6 Å². The van der Waals surface area contributed by atoms with Gasteiger partial charge in [-0.15, -0.1) is 10.2 Å². The van der Waals surface area contributed by atoms with Gasteiger partial charge in [0.15, 0.2) is 5.65 Å². The average Bonchev–Trinajstić information content (AvgIpc) is 3.24. The zero-order chi connectivity index (χ0) is 15.6. The Kier molecular flexibility index (Phi) is 3.99. The van der Waals surface area contributed by atoms with E-state index in [1.807, 2.05) is 33.7 Å². The summed E-state index contributed by atoms with van der Waals surface area (Å²) in [5.74, 6) is 1.44. The van der Waals surface area contributed by atoms with Crippen molar-refractivity contribution in [2.24, 2.45) is 0 Å². The van der Waals surface area contributed by atoms with Crippen LogP contribution in [-0.2, 0) is 9.53 Å². The fraction of sp³-hybridized carbons (Fsp3) is 0.588. The van der Waals surface area contributed by atoms with Crippen molar-refractivity contribution in [1.29, 1.82) is 0 Å². The van der Waals surface area contributed by atoms with Gasteiger partial charge in [-0.3, -0.25) is 9.20 Å². The lowest BCUT2D eigenvalue weighted by atomic mass is 9.96. The standard InChI is InChI=1S/C17H22N4O2/c22-16(11-14-6-4-10-23-14)20-8-3-5-13(12-20)17-19-18-15-7-1-2-9-21(15)17/h1-2,7,9,13-14H,3-6,8,10-12H2/t13-,14-/m0/s1. The number of piperidine rings is 1. The SMILES string of the molecule is O=C(C[C@@H]1CCCO1)N1CCC[C@H](c2nnc3ccccn23)C1. The van der Waals surface area contributed by atoms with Gasteiger partial charge in [0.1, 0.15) is 5.82 Å². The second-order valence-electron chi connectivity index (χ2n) is 6.51. The van der Waals surface area contributed by atoms with E-state index in [1.165, 1.54) is 0 Å². The number of fused-ring (bicyclic) bond motifs is 1. The highest BCUT2D eigenvalue weighted by Gasteiger charge is 2.29. The quantitative estimate of drug-likeness (QED) is 0.869. The first-order valence-corrected chi connectivity index (χ1v) is 8.50. The first-order chi connectivity index (χ1) is 11.3. The molecule has 0 spiro atoms. The molecule has 2 atom stereocenters. The molecule has 122 valence electrons. The zero-order valence-electron chi connectivity index (χ0n) is 13.2. The maximum Gasteiger partial charge on any atom is 0.225 e. The van der Waals surface area contributed by atoms with E-state index in [0.717, 1.165) is 56.9 Å². The molecule has 1 amide bonds. The molecule has 23 heavy (non-hydrogen) atoms. The summed E-state index contributed by atoms with van der Waals surface area (Å²) in [6.45, 7) is 2.38. The van der Waals surface area contributed by atoms with Gasteiger partial charge in [0, 0.05) is 31.8 Å². The molecule has 4 rings (SSSR count). The zero-order valence-corrected chi connectivity index (χ0v) is 13.2. The molecule has 4 heterocycles. The highest BCUT2D eigenvalue weighted by atomic mass is 16.5. The van der Waals surface area contributed by atoms with Crippen LogP contribution in [0.3, 0.4) is 0 Å². The maximum atomic E-state index is 12.5. The van der Waals surface area contributed by atoms with E-state index in [0.29, 0.717) is 6.42 Å². The van der Waals surface area contributed by atoms with Crippen LogP contribution in [0.5, 0.6) is 0 Å². The van der Waals surface area contributed by atoms with E-state index in [-0.39, 0.29) is 17.9 Å². The van der Waals surface area contributed by atoms with Crippen molar-refractivity contribution in [1.82, 2.24) is 19.5 Å². The molecule has 2 saturated heterocycles. The Bertz CT molecular complexity index is 693. The van der Waals surface area contributed by atoms with Gasteiger partial charge in [-0.05, 0) is 37.8 Å². The third kappa shape index (κ3) is 2.95. The van der Waals surface area contributed by atoms with Crippen molar-refractivity contribution in [3.05, 3.63) is 30.2 Å². The minimum absolute atomic E-state index is 0.122. The number of carbonyl (C=O) groups is 1. The number of ether oxygens (including phenoxy) is 1. The molecule has 0 saturated carbocycles. The summed E-state index contributed by atoms with van der Waals surface area (Å²) in [4.78, 5) is 14.5. The van der Waals surface area contributed by atoms with Gasteiger partial charge in [0.05, 0.1) is 12.5 Å². The van der Waals surface area contributed by atoms with Crippen molar-refractivity contribution in [2.75, 3.05) is 19.7 Å². The van der Waals surface area contributed by atoms with Crippen molar-refractivity contribution in [3.8, 4) is 0 Å². The Morgan fingerprint density at radius 3 is 3.09 bits per heavy atom. The Hall–Kier alpha value is -1.95. The molecule has 2 aliphatic rings. The Morgan fingerprint density at radius 2 is 2.22 bits per heavy atom. The summed E-state index contributed by atoms with van der Waals surface area (Å²) in [5, 5.41) is 8.60. The van der Waals surface area contributed by atoms with Gasteiger partial charge in [0.25, 0.3) is 0 Å². The number of hydrogen-bond acceptors (Lipinski definition) is 4. The highest BCUT2D eigenvalue weighted by Crippen LogP contribution is 2.27. The second-order valence-corrected chi connectivity index (χ2v) is 6.51. The minimum atomic E-state index is 0.122. The molecular formula is C17H22N4O2. The molecule has 6 heteroatoms. The number of hydrogen-bond donors (Lipinski definition) is 0. The summed E-state index contributed by atoms with van der Waals surface area (Å²) in [6.07, 6.45) is 6.80. The van der Waals surface area contributed by atoms with Crippen LogP contribution in [0.15, 0.2) is 24.4 Å². The molecule has 2 fully saturated rings. The summed E-state index contributed by atoms with van der Waals surface area (Å²) in [6, 6.07) is 5.91. The lowest BCUT2D eigenvalue weighted by Crippen LogP contribution is -2.40. The normalized spacial score (nSPS) is 25.1. The van der Waals surface area contributed by atoms with Crippen LogP contribution in [0.1, 0.15) is 43.8 Å². The number of amides is 1. The maximum absolute atomic E-state index is 12.5. The third-order valence-electron chi connectivity index (χ3n) is 4.91. The topological polar surface area (TPSA) is 59.7 Å². The second kappa shape index (κ2) is 6.28. The predicted octanol–water partition coefficient (Wildman–Crippen LogP) is 2.00. The van der Waals surface area contributed by atoms with Crippen molar-refractivity contribution in [3.63, 3.8) is 0 Å². The molecule has 0 bridgehead atoms. The fourth-order valence-electron chi connectivity index (χ4n) is 3.68. The van der Waals surface area contributed by atoms with E-state index < -0.39 is 0 Å². The average molecular weight is 314 g/mol. The molecule has 2 aliphatic heterocycles. The van der Waals surface area contributed by atoms with Crippen LogP contribution >= 0.6 is 0 Å². The van der Waals surface area contributed by atoms with Gasteiger partial charge in [0.2, 0.25) is 5.91 Å². The first kappa shape index (κ1) is 14.6. The predicted molar refractivity (Wildman–Crippen MR) is 85.1 cm³/mol. The number of carbonyl (C=O) groups excluding carboxylic acids is 1. The lowest BCUT2D eigenvalue weighted by Gasteiger charge is -2.32. The fourth-order valence-corrected chi connectivity index (χ4v) is 3.68. The van der Waals surface area contributed by atoms with E-state index in [2.05, 4.69) is 10.2 Å². The molecule has 6 nitrogen and oxygen atoms in total. The van der Waals surface area contributed by atoms with Crippen molar-refractivity contribution in [2.45, 2.75) is 44.1 Å². The number of likely N-dealkylation sites (tertiary alicyclic amines) is 1. The monoisotopic (exact) mass is 314 g/mol. The van der Waals surface area contributed by atoms with Crippen LogP contribution in [0.2, 0.25) is 0 Å². The largest absolute Gasteiger partial charge is 0.378 e. The smallest absolute Gasteiger partial charge is 0.225 e. The van der Waals surface area contributed by atoms with Crippen LogP contribution in [0.4, 0.5) is 0 Å². The number of nitrogens with zero attached hydrogens (tertiary/aromatic N) is 4. The van der Waals surface area contributed by atoms with E-state index in [9.17, 15) is 4.79 Å². The summed E-state index contributed by atoms with van der Waals surface area (Å²) >= 11 is 0. The number of pyridine rings is 1. The third-order valence-corrected chi connectivity index (χ3v) is 4.91. The summed E-state index contributed by atoms with van der Waals surface area (Å²) in [5.41, 5.74) is 0.866. The van der Waals surface area contributed by atoms with Crippen LogP contribution in [-0.4, -0.2) is 51.2 Å². The number of rotatable bonds is 3. The minimum Gasteiger partial charge on any atom is -0.378 e. The molecule has 0 aliphatic carbocycles. The van der Waals surface area contributed by atoms with E-state index in [1.54, 1.807) is 0 Å². The molecule has 0 N–H and O–H groups in total. The molecule has 0 aromatic carbocycles. The van der Waals surface area contributed by atoms with E-state index >= 15 is 0 Å². The lowest BCUT2D eigenvalue weighted by molar-refractivity contribution is -0.134. The van der Waals surface area contributed by atoms with Gasteiger partial charge in [-0.25, -0.2) is 0 Å². The van der Waals surface area contributed by atoms with Gasteiger partial charge >= 0.3 is 0 Å². The van der Waals surface area contributed by atoms with E-state index in [4.69, 9.17) is 4.74 Å². The molecule has 0 radical (unpaired) electrons. The molecule has 0 unspecified atom stereocenters. The van der Waals surface area contributed by atoms with Gasteiger partial charge < -0.3 is 9.64 Å². The Balaban J connectivity index is 1.47. The number of aromatic nitrogens is 3. The Morgan fingerprint density at radius 1 is 1.26 bits per heavy atom. The molecule has 2 aromatic rings. The van der Waals surface area contributed by atoms with Crippen molar-refractivity contribution < 1.29 is 9.53 Å². The molecular weight excluding hydrogens is 292 g/mol. The highest BCUT2D eigenvalue weighted by molar-refractivity contribution is 5.77.